The number of aromatic hydroxyl groups is 1. The Hall–Kier alpha value is -1.02. The molecule has 0 saturated heterocycles. The van der Waals surface area contributed by atoms with Crippen LogP contribution in [0, 0.1) is 0 Å². The number of phenolic OH excluding ortho intramolecular Hbond substituents is 1. The first-order valence-corrected chi connectivity index (χ1v) is 8.16. The topological polar surface area (TPSA) is 40.1 Å². The molecule has 1 radical (unpaired) electrons. The third kappa shape index (κ3) is 8.21. The number of hydrogen-bond acceptors (Lipinski definition) is 1. The van der Waals surface area contributed by atoms with Crippen molar-refractivity contribution in [1.29, 1.82) is 0 Å². The highest BCUT2D eigenvalue weighted by molar-refractivity contribution is 5.25. The van der Waals surface area contributed by atoms with Gasteiger partial charge in [0.25, 0.3) is 0 Å². The molecule has 2 heteroatoms. The molecule has 1 N–H and O–H groups in total. The SMILES string of the molecule is CCCC([O])CCCCCCCCc1ccc(O)cc1. The summed E-state index contributed by atoms with van der Waals surface area (Å²) < 4.78 is 0. The van der Waals surface area contributed by atoms with Crippen LogP contribution < -0.4 is 0 Å². The molecule has 0 saturated carbocycles. The van der Waals surface area contributed by atoms with Crippen LogP contribution in [-0.2, 0) is 11.5 Å². The third-order valence-corrected chi connectivity index (χ3v) is 3.79. The molecule has 1 atom stereocenters. The van der Waals surface area contributed by atoms with E-state index in [1.165, 1.54) is 37.7 Å². The standard InChI is InChI=1S/C18H29O2/c1-2-9-17(19)11-8-6-4-3-5-7-10-16-12-14-18(20)15-13-16/h12-15,17,20H,2-11H2,1H3. The molecule has 0 spiro atoms. The smallest absolute Gasteiger partial charge is 0.115 e. The van der Waals surface area contributed by atoms with E-state index in [-0.39, 0.29) is 6.10 Å². The Morgan fingerprint density at radius 3 is 2.15 bits per heavy atom. The predicted octanol–water partition coefficient (Wildman–Crippen LogP) is 5.26. The normalized spacial score (nSPS) is 12.5. The zero-order valence-electron chi connectivity index (χ0n) is 12.8. The molecule has 0 bridgehead atoms. The number of phenols is 1. The van der Waals surface area contributed by atoms with Gasteiger partial charge in [0.05, 0.1) is 6.10 Å². The first kappa shape index (κ1) is 17.0. The van der Waals surface area contributed by atoms with E-state index < -0.39 is 0 Å². The first-order valence-electron chi connectivity index (χ1n) is 8.16. The summed E-state index contributed by atoms with van der Waals surface area (Å²) in [5, 5.41) is 20.6. The van der Waals surface area contributed by atoms with Crippen molar-refractivity contribution >= 4 is 0 Å². The van der Waals surface area contributed by atoms with E-state index in [1.807, 2.05) is 12.1 Å². The van der Waals surface area contributed by atoms with E-state index in [9.17, 15) is 10.2 Å². The molecular weight excluding hydrogens is 248 g/mol. The Morgan fingerprint density at radius 1 is 0.900 bits per heavy atom. The van der Waals surface area contributed by atoms with Crippen molar-refractivity contribution in [3.63, 3.8) is 0 Å². The van der Waals surface area contributed by atoms with Crippen LogP contribution >= 0.6 is 0 Å². The minimum absolute atomic E-state index is 0.325. The molecule has 0 amide bonds. The maximum Gasteiger partial charge on any atom is 0.115 e. The fourth-order valence-corrected chi connectivity index (χ4v) is 2.54. The average Bonchev–Trinajstić information content (AvgIpc) is 2.44. The molecule has 1 aromatic carbocycles. The van der Waals surface area contributed by atoms with Crippen molar-refractivity contribution in [3.05, 3.63) is 29.8 Å². The highest BCUT2D eigenvalue weighted by Gasteiger charge is 2.03. The molecule has 0 heterocycles. The fourth-order valence-electron chi connectivity index (χ4n) is 2.54. The molecular formula is C18H29O2. The van der Waals surface area contributed by atoms with Gasteiger partial charge >= 0.3 is 0 Å². The molecule has 0 aliphatic rings. The molecule has 1 unspecified atom stereocenters. The number of benzene rings is 1. The first-order chi connectivity index (χ1) is 9.72. The summed E-state index contributed by atoms with van der Waals surface area (Å²) in [6.45, 7) is 2.08. The van der Waals surface area contributed by atoms with Gasteiger partial charge < -0.3 is 5.11 Å². The summed E-state index contributed by atoms with van der Waals surface area (Å²) in [5.74, 6) is 0.341. The Kier molecular flexibility index (Phi) is 9.14. The second-order valence-corrected chi connectivity index (χ2v) is 5.74. The average molecular weight is 277 g/mol. The Labute approximate surface area is 123 Å². The molecule has 0 aliphatic carbocycles. The lowest BCUT2D eigenvalue weighted by atomic mass is 10.0. The quantitative estimate of drug-likeness (QED) is 0.550. The molecule has 0 fully saturated rings. The van der Waals surface area contributed by atoms with Crippen LogP contribution in [0.3, 0.4) is 0 Å². The number of hydrogen-bond donors (Lipinski definition) is 1. The third-order valence-electron chi connectivity index (χ3n) is 3.79. The van der Waals surface area contributed by atoms with E-state index >= 15 is 0 Å². The van der Waals surface area contributed by atoms with Crippen molar-refractivity contribution in [2.24, 2.45) is 0 Å². The molecule has 1 rings (SSSR count). The van der Waals surface area contributed by atoms with Gasteiger partial charge in [0.2, 0.25) is 0 Å². The maximum absolute atomic E-state index is 11.4. The Morgan fingerprint density at radius 2 is 1.50 bits per heavy atom. The van der Waals surface area contributed by atoms with Crippen molar-refractivity contribution in [2.45, 2.75) is 77.2 Å². The number of unbranched alkanes of at least 4 members (excludes halogenated alkanes) is 5. The van der Waals surface area contributed by atoms with Gasteiger partial charge in [0.1, 0.15) is 5.75 Å². The lowest BCUT2D eigenvalue weighted by Gasteiger charge is -2.06. The van der Waals surface area contributed by atoms with Crippen LogP contribution in [0.5, 0.6) is 5.75 Å². The monoisotopic (exact) mass is 277 g/mol. The van der Waals surface area contributed by atoms with Crippen molar-refractivity contribution in [1.82, 2.24) is 0 Å². The summed E-state index contributed by atoms with van der Waals surface area (Å²) in [5.41, 5.74) is 1.30. The van der Waals surface area contributed by atoms with Gasteiger partial charge in [0.15, 0.2) is 0 Å². The van der Waals surface area contributed by atoms with Gasteiger partial charge in [-0.25, -0.2) is 5.11 Å². The number of rotatable bonds is 11. The molecule has 2 nitrogen and oxygen atoms in total. The predicted molar refractivity (Wildman–Crippen MR) is 83.5 cm³/mol. The lowest BCUT2D eigenvalue weighted by molar-refractivity contribution is 0.0706. The van der Waals surface area contributed by atoms with Crippen LogP contribution in [0.2, 0.25) is 0 Å². The Bertz CT molecular complexity index is 332. The molecule has 0 aromatic heterocycles. The highest BCUT2D eigenvalue weighted by Crippen LogP contribution is 2.14. The van der Waals surface area contributed by atoms with Crippen molar-refractivity contribution < 1.29 is 10.2 Å². The van der Waals surface area contributed by atoms with Gasteiger partial charge in [0, 0.05) is 0 Å². The molecule has 20 heavy (non-hydrogen) atoms. The minimum Gasteiger partial charge on any atom is -0.508 e. The lowest BCUT2D eigenvalue weighted by Crippen LogP contribution is -2.02. The second kappa shape index (κ2) is 10.7. The van der Waals surface area contributed by atoms with Crippen LogP contribution in [0.15, 0.2) is 24.3 Å². The highest BCUT2D eigenvalue weighted by atomic mass is 16.3. The van der Waals surface area contributed by atoms with Gasteiger partial charge in [-0.3, -0.25) is 0 Å². The minimum atomic E-state index is -0.325. The zero-order valence-corrected chi connectivity index (χ0v) is 12.8. The van der Waals surface area contributed by atoms with E-state index in [0.717, 1.165) is 32.1 Å². The summed E-state index contributed by atoms with van der Waals surface area (Å²) in [6.07, 6.45) is 10.8. The van der Waals surface area contributed by atoms with E-state index in [2.05, 4.69) is 6.92 Å². The Balaban J connectivity index is 1.91. The van der Waals surface area contributed by atoms with Gasteiger partial charge in [-0.1, -0.05) is 57.6 Å². The van der Waals surface area contributed by atoms with E-state index in [1.54, 1.807) is 12.1 Å². The molecule has 113 valence electrons. The van der Waals surface area contributed by atoms with E-state index in [4.69, 9.17) is 0 Å². The summed E-state index contributed by atoms with van der Waals surface area (Å²) in [4.78, 5) is 0. The largest absolute Gasteiger partial charge is 0.508 e. The molecule has 0 aliphatic heterocycles. The molecule has 1 aromatic rings. The van der Waals surface area contributed by atoms with Crippen LogP contribution in [0.4, 0.5) is 0 Å². The van der Waals surface area contributed by atoms with Gasteiger partial charge in [-0.15, -0.1) is 0 Å². The van der Waals surface area contributed by atoms with Crippen LogP contribution in [0.25, 0.3) is 0 Å². The van der Waals surface area contributed by atoms with Crippen molar-refractivity contribution in [3.8, 4) is 5.75 Å². The fraction of sp³-hybridized carbons (Fsp3) is 0.667. The van der Waals surface area contributed by atoms with E-state index in [0.29, 0.717) is 5.75 Å². The van der Waals surface area contributed by atoms with Crippen molar-refractivity contribution in [2.75, 3.05) is 0 Å². The summed E-state index contributed by atoms with van der Waals surface area (Å²) in [7, 11) is 0. The second-order valence-electron chi connectivity index (χ2n) is 5.74. The number of aryl methyl sites for hydroxylation is 1. The van der Waals surface area contributed by atoms with Crippen LogP contribution in [0.1, 0.15) is 70.3 Å². The zero-order chi connectivity index (χ0) is 14.6. The summed E-state index contributed by atoms with van der Waals surface area (Å²) in [6, 6.07) is 7.50. The maximum atomic E-state index is 11.4. The van der Waals surface area contributed by atoms with Gasteiger partial charge in [-0.2, -0.15) is 0 Å². The van der Waals surface area contributed by atoms with Crippen LogP contribution in [-0.4, -0.2) is 11.2 Å². The summed E-state index contributed by atoms with van der Waals surface area (Å²) >= 11 is 0. The van der Waals surface area contributed by atoms with Gasteiger partial charge in [-0.05, 0) is 43.4 Å².